The number of aliphatic carboxylic acids is 1. The summed E-state index contributed by atoms with van der Waals surface area (Å²) >= 11 is 5.76. The van der Waals surface area contributed by atoms with Crippen molar-refractivity contribution in [3.63, 3.8) is 0 Å². The molecule has 4 N–H and O–H groups in total. The van der Waals surface area contributed by atoms with Crippen LogP contribution >= 0.6 is 11.6 Å². The number of halogens is 1. The molecule has 0 aromatic heterocycles. The minimum absolute atomic E-state index is 0.0445. The van der Waals surface area contributed by atoms with E-state index >= 15 is 0 Å². The number of carbonyl (C=O) groups is 2. The number of hydrogen-bond acceptors (Lipinski definition) is 4. The van der Waals surface area contributed by atoms with Crippen molar-refractivity contribution >= 4 is 29.2 Å². The van der Waals surface area contributed by atoms with Crippen molar-refractivity contribution in [1.82, 2.24) is 5.32 Å². The van der Waals surface area contributed by atoms with E-state index in [9.17, 15) is 14.7 Å². The highest BCUT2D eigenvalue weighted by atomic mass is 35.5. The van der Waals surface area contributed by atoms with Gasteiger partial charge in [-0.3, -0.25) is 4.79 Å². The Bertz CT molecular complexity index is 526. The van der Waals surface area contributed by atoms with Gasteiger partial charge in [-0.2, -0.15) is 0 Å². The van der Waals surface area contributed by atoms with Crippen molar-refractivity contribution in [2.45, 2.75) is 12.0 Å². The summed E-state index contributed by atoms with van der Waals surface area (Å²) in [7, 11) is 0. The van der Waals surface area contributed by atoms with E-state index < -0.39 is 17.4 Å². The zero-order valence-corrected chi connectivity index (χ0v) is 10.7. The molecule has 102 valence electrons. The van der Waals surface area contributed by atoms with E-state index in [1.165, 1.54) is 18.2 Å². The number of rotatable bonds is 3. The van der Waals surface area contributed by atoms with Crippen LogP contribution in [0.15, 0.2) is 18.2 Å². The Morgan fingerprint density at radius 3 is 2.74 bits per heavy atom. The monoisotopic (exact) mass is 284 g/mol. The molecule has 0 bridgehead atoms. The van der Waals surface area contributed by atoms with Crippen molar-refractivity contribution in [2.75, 3.05) is 18.9 Å². The zero-order valence-electron chi connectivity index (χ0n) is 9.98. The summed E-state index contributed by atoms with van der Waals surface area (Å²) in [5, 5.41) is 12.1. The Kier molecular flexibility index (Phi) is 3.64. The Balaban J connectivity index is 2.20. The molecule has 1 amide bonds. The third kappa shape index (κ3) is 2.64. The van der Waals surface area contributed by atoms with Crippen molar-refractivity contribution in [3.8, 4) is 0 Å². The average Bonchev–Trinajstić information content (AvgIpc) is 2.82. The fourth-order valence-corrected chi connectivity index (χ4v) is 1.98. The summed E-state index contributed by atoms with van der Waals surface area (Å²) in [5.74, 6) is -1.63. The molecule has 1 fully saturated rings. The lowest BCUT2D eigenvalue weighted by Crippen LogP contribution is -2.55. The second-order valence-corrected chi connectivity index (χ2v) is 4.79. The van der Waals surface area contributed by atoms with Crippen LogP contribution in [0, 0.1) is 0 Å². The fourth-order valence-electron chi connectivity index (χ4n) is 1.86. The molecule has 1 aromatic rings. The number of carbonyl (C=O) groups excluding carboxylic acids is 1. The van der Waals surface area contributed by atoms with Gasteiger partial charge in [0.1, 0.15) is 0 Å². The molecule has 6 nitrogen and oxygen atoms in total. The Hall–Kier alpha value is -1.79. The van der Waals surface area contributed by atoms with Crippen LogP contribution in [0.25, 0.3) is 0 Å². The molecule has 0 radical (unpaired) electrons. The van der Waals surface area contributed by atoms with Gasteiger partial charge < -0.3 is 20.9 Å². The lowest BCUT2D eigenvalue weighted by molar-refractivity contribution is -0.144. The van der Waals surface area contributed by atoms with E-state index in [-0.39, 0.29) is 24.3 Å². The summed E-state index contributed by atoms with van der Waals surface area (Å²) in [6, 6.07) is 4.38. The predicted molar refractivity (Wildman–Crippen MR) is 69.1 cm³/mol. The number of benzene rings is 1. The summed E-state index contributed by atoms with van der Waals surface area (Å²) < 4.78 is 5.06. The number of carboxylic acids is 1. The van der Waals surface area contributed by atoms with Gasteiger partial charge in [-0.05, 0) is 18.2 Å². The van der Waals surface area contributed by atoms with E-state index in [4.69, 9.17) is 22.1 Å². The molecule has 1 aliphatic rings. The van der Waals surface area contributed by atoms with Crippen LogP contribution in [-0.4, -0.2) is 35.7 Å². The van der Waals surface area contributed by atoms with E-state index in [1.54, 1.807) is 0 Å². The van der Waals surface area contributed by atoms with Gasteiger partial charge in [0.25, 0.3) is 5.91 Å². The van der Waals surface area contributed by atoms with Gasteiger partial charge in [0.15, 0.2) is 5.54 Å². The molecule has 0 aliphatic carbocycles. The fraction of sp³-hybridized carbons (Fsp3) is 0.333. The quantitative estimate of drug-likeness (QED) is 0.716. The maximum atomic E-state index is 12.0. The molecule has 1 atom stereocenters. The molecule has 1 aromatic carbocycles. The van der Waals surface area contributed by atoms with Crippen LogP contribution < -0.4 is 11.1 Å². The molecule has 7 heteroatoms. The van der Waals surface area contributed by atoms with Crippen LogP contribution in [0.4, 0.5) is 5.69 Å². The SMILES string of the molecule is Nc1cc(C(=O)NC2(C(=O)O)CCOC2)ccc1Cl. The summed E-state index contributed by atoms with van der Waals surface area (Å²) in [6.45, 7) is 0.256. The minimum atomic E-state index is -1.37. The third-order valence-electron chi connectivity index (χ3n) is 3.04. The lowest BCUT2D eigenvalue weighted by atomic mass is 9.98. The van der Waals surface area contributed by atoms with Crippen molar-refractivity contribution in [2.24, 2.45) is 0 Å². The average molecular weight is 285 g/mol. The third-order valence-corrected chi connectivity index (χ3v) is 3.39. The van der Waals surface area contributed by atoms with E-state index in [2.05, 4.69) is 5.32 Å². The highest BCUT2D eigenvalue weighted by Gasteiger charge is 2.44. The van der Waals surface area contributed by atoms with E-state index in [0.717, 1.165) is 0 Å². The van der Waals surface area contributed by atoms with Gasteiger partial charge in [0.2, 0.25) is 0 Å². The number of ether oxygens (including phenoxy) is 1. The number of nitrogens with one attached hydrogen (secondary N) is 1. The van der Waals surface area contributed by atoms with E-state index in [1.807, 2.05) is 0 Å². The van der Waals surface area contributed by atoms with Crippen molar-refractivity contribution in [1.29, 1.82) is 0 Å². The van der Waals surface area contributed by atoms with Crippen LogP contribution in [0.3, 0.4) is 0 Å². The maximum absolute atomic E-state index is 12.0. The first-order valence-corrected chi connectivity index (χ1v) is 6.01. The Morgan fingerprint density at radius 2 is 2.21 bits per heavy atom. The molecular formula is C12H13ClN2O4. The molecule has 1 aliphatic heterocycles. The Morgan fingerprint density at radius 1 is 1.47 bits per heavy atom. The van der Waals surface area contributed by atoms with Crippen LogP contribution in [0.1, 0.15) is 16.8 Å². The molecule has 1 unspecified atom stereocenters. The van der Waals surface area contributed by atoms with Crippen LogP contribution in [-0.2, 0) is 9.53 Å². The van der Waals surface area contributed by atoms with Gasteiger partial charge >= 0.3 is 5.97 Å². The molecule has 0 saturated carbocycles. The highest BCUT2D eigenvalue weighted by molar-refractivity contribution is 6.33. The summed E-state index contributed by atoms with van der Waals surface area (Å²) in [4.78, 5) is 23.3. The van der Waals surface area contributed by atoms with Gasteiger partial charge in [0, 0.05) is 18.6 Å². The van der Waals surface area contributed by atoms with E-state index in [0.29, 0.717) is 11.6 Å². The number of carboxylic acid groups (broad SMARTS) is 1. The summed E-state index contributed by atoms with van der Waals surface area (Å²) in [5.41, 5.74) is 4.76. The highest BCUT2D eigenvalue weighted by Crippen LogP contribution is 2.22. The number of nitrogens with two attached hydrogens (primary N) is 1. The van der Waals surface area contributed by atoms with Crippen LogP contribution in [0.5, 0.6) is 0 Å². The van der Waals surface area contributed by atoms with Gasteiger partial charge in [0.05, 0.1) is 17.3 Å². The first-order valence-electron chi connectivity index (χ1n) is 5.63. The van der Waals surface area contributed by atoms with Crippen molar-refractivity contribution in [3.05, 3.63) is 28.8 Å². The summed E-state index contributed by atoms with van der Waals surface area (Å²) in [6.07, 6.45) is 0.233. The molecule has 1 saturated heterocycles. The lowest BCUT2D eigenvalue weighted by Gasteiger charge is -2.23. The smallest absolute Gasteiger partial charge is 0.331 e. The minimum Gasteiger partial charge on any atom is -0.479 e. The van der Waals surface area contributed by atoms with Crippen molar-refractivity contribution < 1.29 is 19.4 Å². The molecule has 2 rings (SSSR count). The van der Waals surface area contributed by atoms with Gasteiger partial charge in [-0.25, -0.2) is 4.79 Å². The standard InChI is InChI=1S/C12H13ClN2O4/c13-8-2-1-7(5-9(8)14)10(16)15-12(11(17)18)3-4-19-6-12/h1-2,5H,3-4,6,14H2,(H,15,16)(H,17,18). The Labute approximate surface area is 114 Å². The topological polar surface area (TPSA) is 102 Å². The zero-order chi connectivity index (χ0) is 14.0. The number of nitrogen functional groups attached to an aromatic ring is 1. The normalized spacial score (nSPS) is 22.2. The molecule has 0 spiro atoms. The molecule has 19 heavy (non-hydrogen) atoms. The second kappa shape index (κ2) is 5.07. The van der Waals surface area contributed by atoms with Gasteiger partial charge in [-0.1, -0.05) is 11.6 Å². The molecule has 1 heterocycles. The number of anilines is 1. The maximum Gasteiger partial charge on any atom is 0.331 e. The number of hydrogen-bond donors (Lipinski definition) is 3. The number of amides is 1. The largest absolute Gasteiger partial charge is 0.479 e. The second-order valence-electron chi connectivity index (χ2n) is 4.38. The van der Waals surface area contributed by atoms with Crippen LogP contribution in [0.2, 0.25) is 5.02 Å². The molecular weight excluding hydrogens is 272 g/mol. The first kappa shape index (κ1) is 13.6. The van der Waals surface area contributed by atoms with Gasteiger partial charge in [-0.15, -0.1) is 0 Å². The predicted octanol–water partition coefficient (Wildman–Crippen LogP) is 0.896. The first-order chi connectivity index (χ1) is 8.94.